The Bertz CT molecular complexity index is 624. The minimum atomic E-state index is -0.324. The van der Waals surface area contributed by atoms with Crippen molar-refractivity contribution in [2.24, 2.45) is 0 Å². The molecule has 2 rings (SSSR count). The fourth-order valence-corrected chi connectivity index (χ4v) is 2.19. The highest BCUT2D eigenvalue weighted by Gasteiger charge is 2.14. The van der Waals surface area contributed by atoms with Crippen LogP contribution in [-0.2, 0) is 6.54 Å². The minimum absolute atomic E-state index is 0.122. The Hall–Kier alpha value is -2.01. The van der Waals surface area contributed by atoms with E-state index in [9.17, 15) is 4.79 Å². The summed E-state index contributed by atoms with van der Waals surface area (Å²) < 4.78 is 0. The van der Waals surface area contributed by atoms with E-state index in [0.29, 0.717) is 12.4 Å². The maximum Gasteiger partial charge on any atom is 0.271 e. The molecule has 0 aliphatic heterocycles. The number of hydrogen-bond donors (Lipinski definition) is 2. The van der Waals surface area contributed by atoms with Crippen LogP contribution >= 0.6 is 11.6 Å². The predicted molar refractivity (Wildman–Crippen MR) is 82.1 cm³/mol. The van der Waals surface area contributed by atoms with Gasteiger partial charge in [-0.05, 0) is 24.1 Å². The number of anilines is 2. The van der Waals surface area contributed by atoms with Gasteiger partial charge in [0.1, 0.15) is 5.02 Å². The van der Waals surface area contributed by atoms with E-state index in [2.05, 4.69) is 16.9 Å². The summed E-state index contributed by atoms with van der Waals surface area (Å²) in [5.41, 5.74) is 7.17. The van der Waals surface area contributed by atoms with Crippen LogP contribution in [0, 0.1) is 0 Å². The largest absolute Gasteiger partial charge is 0.399 e. The summed E-state index contributed by atoms with van der Waals surface area (Å²) in [4.78, 5) is 20.2. The molecule has 0 saturated carbocycles. The molecule has 0 atom stereocenters. The van der Waals surface area contributed by atoms with Crippen LogP contribution < -0.4 is 16.2 Å². The molecule has 0 aliphatic rings. The number of benzene rings is 1. The highest BCUT2D eigenvalue weighted by atomic mass is 35.5. The summed E-state index contributed by atoms with van der Waals surface area (Å²) >= 11 is 6.05. The monoisotopic (exact) mass is 292 g/mol. The molecule has 0 aliphatic carbocycles. The van der Waals surface area contributed by atoms with Gasteiger partial charge in [-0.25, -0.2) is 4.98 Å². The number of nitrogen functional groups attached to an aromatic ring is 1. The summed E-state index contributed by atoms with van der Waals surface area (Å²) in [5.74, 6) is 0.508. The average Bonchev–Trinajstić information content (AvgIpc) is 2.44. The molecule has 6 heteroatoms. The van der Waals surface area contributed by atoms with E-state index in [-0.39, 0.29) is 10.6 Å². The van der Waals surface area contributed by atoms with Crippen molar-refractivity contribution in [2.75, 3.05) is 17.2 Å². The molecule has 0 spiro atoms. The minimum Gasteiger partial charge on any atom is -0.399 e. The standard InChI is InChI=1S/C14H17ClN4O/c1-2-7-19(8-10-3-5-11(16)6-4-10)13-12(15)14(20)18-9-17-13/h3-6,9H,2,7-8,16H2,1H3,(H,17,18,20). The van der Waals surface area contributed by atoms with Crippen LogP contribution in [0.25, 0.3) is 0 Å². The Morgan fingerprint density at radius 3 is 2.70 bits per heavy atom. The Morgan fingerprint density at radius 2 is 2.05 bits per heavy atom. The lowest BCUT2D eigenvalue weighted by Gasteiger charge is -2.23. The third-order valence-corrected chi connectivity index (χ3v) is 3.27. The van der Waals surface area contributed by atoms with E-state index in [1.165, 1.54) is 6.33 Å². The van der Waals surface area contributed by atoms with Crippen molar-refractivity contribution in [1.82, 2.24) is 9.97 Å². The van der Waals surface area contributed by atoms with Gasteiger partial charge < -0.3 is 15.6 Å². The zero-order chi connectivity index (χ0) is 14.5. The van der Waals surface area contributed by atoms with Gasteiger partial charge in [0.2, 0.25) is 0 Å². The number of nitrogens with one attached hydrogen (secondary N) is 1. The van der Waals surface area contributed by atoms with E-state index >= 15 is 0 Å². The van der Waals surface area contributed by atoms with Crippen molar-refractivity contribution in [3.05, 3.63) is 51.5 Å². The first-order valence-corrected chi connectivity index (χ1v) is 6.82. The van der Waals surface area contributed by atoms with Gasteiger partial charge in [-0.2, -0.15) is 0 Å². The van der Waals surface area contributed by atoms with Gasteiger partial charge in [0, 0.05) is 18.8 Å². The zero-order valence-electron chi connectivity index (χ0n) is 11.3. The third kappa shape index (κ3) is 3.30. The van der Waals surface area contributed by atoms with Gasteiger partial charge in [-0.3, -0.25) is 4.79 Å². The number of aromatic amines is 1. The van der Waals surface area contributed by atoms with Crippen LogP contribution in [-0.4, -0.2) is 16.5 Å². The first kappa shape index (κ1) is 14.4. The van der Waals surface area contributed by atoms with E-state index < -0.39 is 0 Å². The Labute approximate surface area is 122 Å². The number of rotatable bonds is 5. The topological polar surface area (TPSA) is 75.0 Å². The lowest BCUT2D eigenvalue weighted by atomic mass is 10.2. The van der Waals surface area contributed by atoms with Gasteiger partial charge in [0.15, 0.2) is 5.82 Å². The third-order valence-electron chi connectivity index (χ3n) is 2.92. The molecule has 0 bridgehead atoms. The number of halogens is 1. The Kier molecular flexibility index (Phi) is 4.63. The lowest BCUT2D eigenvalue weighted by molar-refractivity contribution is 0.751. The maximum atomic E-state index is 11.6. The molecule has 0 fully saturated rings. The van der Waals surface area contributed by atoms with Crippen LogP contribution in [0.2, 0.25) is 5.02 Å². The van der Waals surface area contributed by atoms with Crippen molar-refractivity contribution in [3.63, 3.8) is 0 Å². The van der Waals surface area contributed by atoms with Crippen molar-refractivity contribution in [2.45, 2.75) is 19.9 Å². The second-order valence-electron chi connectivity index (χ2n) is 4.53. The van der Waals surface area contributed by atoms with Crippen LogP contribution in [0.1, 0.15) is 18.9 Å². The second-order valence-corrected chi connectivity index (χ2v) is 4.91. The second kappa shape index (κ2) is 6.43. The first-order valence-electron chi connectivity index (χ1n) is 6.44. The number of nitrogens with zero attached hydrogens (tertiary/aromatic N) is 2. The van der Waals surface area contributed by atoms with Crippen molar-refractivity contribution < 1.29 is 0 Å². The molecule has 0 amide bonds. The summed E-state index contributed by atoms with van der Waals surface area (Å²) in [6.45, 7) is 3.46. The Morgan fingerprint density at radius 1 is 1.35 bits per heavy atom. The molecule has 1 heterocycles. The predicted octanol–water partition coefficient (Wildman–Crippen LogP) is 2.42. The molecule has 5 nitrogen and oxygen atoms in total. The smallest absolute Gasteiger partial charge is 0.271 e. The van der Waals surface area contributed by atoms with Gasteiger partial charge >= 0.3 is 0 Å². The van der Waals surface area contributed by atoms with Crippen molar-refractivity contribution in [3.8, 4) is 0 Å². The van der Waals surface area contributed by atoms with E-state index in [1.807, 2.05) is 29.2 Å². The van der Waals surface area contributed by atoms with Gasteiger partial charge in [0.05, 0.1) is 6.33 Å². The molecule has 20 heavy (non-hydrogen) atoms. The van der Waals surface area contributed by atoms with Crippen LogP contribution in [0.3, 0.4) is 0 Å². The van der Waals surface area contributed by atoms with E-state index in [1.54, 1.807) is 0 Å². The molecule has 0 saturated heterocycles. The zero-order valence-corrected chi connectivity index (χ0v) is 12.0. The SMILES string of the molecule is CCCN(Cc1ccc(N)cc1)c1nc[nH]c(=O)c1Cl. The highest BCUT2D eigenvalue weighted by molar-refractivity contribution is 6.32. The summed E-state index contributed by atoms with van der Waals surface area (Å²) in [6, 6.07) is 7.62. The van der Waals surface area contributed by atoms with Crippen molar-refractivity contribution in [1.29, 1.82) is 0 Å². The molecule has 106 valence electrons. The molecule has 3 N–H and O–H groups in total. The van der Waals surface area contributed by atoms with Crippen LogP contribution in [0.15, 0.2) is 35.4 Å². The number of H-pyrrole nitrogens is 1. The van der Waals surface area contributed by atoms with E-state index in [4.69, 9.17) is 17.3 Å². The average molecular weight is 293 g/mol. The summed E-state index contributed by atoms with van der Waals surface area (Å²) in [7, 11) is 0. The van der Waals surface area contributed by atoms with Crippen LogP contribution in [0.5, 0.6) is 0 Å². The molecule has 0 radical (unpaired) electrons. The van der Waals surface area contributed by atoms with E-state index in [0.717, 1.165) is 24.2 Å². The molecule has 1 aromatic carbocycles. The van der Waals surface area contributed by atoms with Gasteiger partial charge in [-0.1, -0.05) is 30.7 Å². The van der Waals surface area contributed by atoms with Gasteiger partial charge in [0.25, 0.3) is 5.56 Å². The molecule has 0 unspecified atom stereocenters. The summed E-state index contributed by atoms with van der Waals surface area (Å²) in [6.07, 6.45) is 2.30. The van der Waals surface area contributed by atoms with Gasteiger partial charge in [-0.15, -0.1) is 0 Å². The normalized spacial score (nSPS) is 10.5. The number of aromatic nitrogens is 2. The van der Waals surface area contributed by atoms with Crippen LogP contribution in [0.4, 0.5) is 11.5 Å². The maximum absolute atomic E-state index is 11.6. The fraction of sp³-hybridized carbons (Fsp3) is 0.286. The first-order chi connectivity index (χ1) is 9.61. The molecular formula is C14H17ClN4O. The lowest BCUT2D eigenvalue weighted by Crippen LogP contribution is -2.27. The quantitative estimate of drug-likeness (QED) is 0.830. The number of nitrogens with two attached hydrogens (primary N) is 1. The molecular weight excluding hydrogens is 276 g/mol. The summed E-state index contributed by atoms with van der Waals surface area (Å²) in [5, 5.41) is 0.122. The number of hydrogen-bond acceptors (Lipinski definition) is 4. The Balaban J connectivity index is 2.29. The fourth-order valence-electron chi connectivity index (χ4n) is 1.97. The van der Waals surface area contributed by atoms with Crippen molar-refractivity contribution >= 4 is 23.1 Å². The molecule has 2 aromatic rings. The highest BCUT2D eigenvalue weighted by Crippen LogP contribution is 2.21. The molecule has 1 aromatic heterocycles.